The van der Waals surface area contributed by atoms with Crippen molar-refractivity contribution in [3.63, 3.8) is 0 Å². The second-order valence-corrected chi connectivity index (χ2v) is 5.32. The van der Waals surface area contributed by atoms with Crippen LogP contribution in [0, 0.1) is 12.7 Å². The maximum absolute atomic E-state index is 12.8. The van der Waals surface area contributed by atoms with Gasteiger partial charge in [-0.05, 0) is 48.9 Å². The fourth-order valence-electron chi connectivity index (χ4n) is 1.84. The highest BCUT2D eigenvalue weighted by Crippen LogP contribution is 2.24. The van der Waals surface area contributed by atoms with E-state index in [1.165, 1.54) is 19.2 Å². The van der Waals surface area contributed by atoms with Crippen LogP contribution in [-0.2, 0) is 9.22 Å². The zero-order valence-corrected chi connectivity index (χ0v) is 13.1. The van der Waals surface area contributed by atoms with Crippen molar-refractivity contribution in [1.82, 2.24) is 0 Å². The van der Waals surface area contributed by atoms with E-state index in [4.69, 9.17) is 4.33 Å². The summed E-state index contributed by atoms with van der Waals surface area (Å²) < 4.78 is 17.6. The molecule has 0 amide bonds. The molecule has 0 saturated heterocycles. The molecule has 0 atom stereocenters. The van der Waals surface area contributed by atoms with Crippen LogP contribution in [0.1, 0.15) is 15.9 Å². The molecule has 0 bridgehead atoms. The smallest absolute Gasteiger partial charge is 0.181 e. The zero-order chi connectivity index (χ0) is 15.9. The molecule has 116 valence electrons. The summed E-state index contributed by atoms with van der Waals surface area (Å²) in [6.45, 7) is 2.04. The zero-order valence-electron chi connectivity index (χ0n) is 12.3. The average molecular weight is 321 g/mol. The maximum atomic E-state index is 12.8. The van der Waals surface area contributed by atoms with E-state index in [1.807, 2.05) is 13.0 Å². The lowest BCUT2D eigenvalue weighted by Gasteiger charge is -2.08. The number of aryl methyl sites for hydroxylation is 1. The standard InChI is InChI=1S/C16H16FNO3S/c1-11-9-12(3-8-16(11)22-21-20-2)15(19)10-18-14-6-4-13(17)5-7-14/h3-9,18H,10H2,1-2H3. The van der Waals surface area contributed by atoms with E-state index in [9.17, 15) is 9.18 Å². The Kier molecular flexibility index (Phi) is 5.94. The minimum atomic E-state index is -0.307. The summed E-state index contributed by atoms with van der Waals surface area (Å²) in [6.07, 6.45) is 0. The van der Waals surface area contributed by atoms with Gasteiger partial charge in [0.15, 0.2) is 5.78 Å². The molecule has 4 nitrogen and oxygen atoms in total. The Balaban J connectivity index is 1.97. The van der Waals surface area contributed by atoms with Crippen LogP contribution < -0.4 is 5.32 Å². The van der Waals surface area contributed by atoms with Crippen LogP contribution in [0.2, 0.25) is 0 Å². The molecule has 2 aromatic carbocycles. The third-order valence-corrected chi connectivity index (χ3v) is 3.83. The van der Waals surface area contributed by atoms with Crippen molar-refractivity contribution < 1.29 is 18.4 Å². The molecule has 0 unspecified atom stereocenters. The molecule has 0 radical (unpaired) electrons. The van der Waals surface area contributed by atoms with E-state index in [2.05, 4.69) is 10.2 Å². The molecule has 0 fully saturated rings. The normalized spacial score (nSPS) is 10.5. The van der Waals surface area contributed by atoms with Crippen molar-refractivity contribution in [1.29, 1.82) is 0 Å². The number of carbonyl (C=O) groups is 1. The van der Waals surface area contributed by atoms with Gasteiger partial charge >= 0.3 is 0 Å². The summed E-state index contributed by atoms with van der Waals surface area (Å²) in [5, 5.41) is 2.97. The maximum Gasteiger partial charge on any atom is 0.181 e. The van der Waals surface area contributed by atoms with E-state index in [0.29, 0.717) is 11.3 Å². The molecule has 1 N–H and O–H groups in total. The molecule has 6 heteroatoms. The lowest BCUT2D eigenvalue weighted by Crippen LogP contribution is -2.14. The number of anilines is 1. The van der Waals surface area contributed by atoms with Gasteiger partial charge in [-0.3, -0.25) is 4.79 Å². The van der Waals surface area contributed by atoms with Crippen LogP contribution >= 0.6 is 12.0 Å². The van der Waals surface area contributed by atoms with Crippen LogP contribution in [0.4, 0.5) is 10.1 Å². The molecule has 0 aliphatic rings. The van der Waals surface area contributed by atoms with Crippen LogP contribution in [-0.4, -0.2) is 19.4 Å². The number of benzene rings is 2. The topological polar surface area (TPSA) is 47.6 Å². The Morgan fingerprint density at radius 2 is 1.95 bits per heavy atom. The van der Waals surface area contributed by atoms with Gasteiger partial charge < -0.3 is 5.32 Å². The van der Waals surface area contributed by atoms with Crippen LogP contribution in [0.5, 0.6) is 0 Å². The van der Waals surface area contributed by atoms with Crippen LogP contribution in [0.25, 0.3) is 0 Å². The van der Waals surface area contributed by atoms with Gasteiger partial charge in [0.05, 0.1) is 25.7 Å². The lowest BCUT2D eigenvalue weighted by atomic mass is 10.1. The fourth-order valence-corrected chi connectivity index (χ4v) is 2.29. The third kappa shape index (κ3) is 4.56. The number of hydrogen-bond acceptors (Lipinski definition) is 5. The highest BCUT2D eigenvalue weighted by molar-refractivity contribution is 7.94. The Hall–Kier alpha value is -1.89. The number of rotatable bonds is 7. The van der Waals surface area contributed by atoms with Crippen molar-refractivity contribution >= 4 is 23.5 Å². The highest BCUT2D eigenvalue weighted by atomic mass is 32.2. The van der Waals surface area contributed by atoms with Gasteiger partial charge in [-0.1, -0.05) is 6.07 Å². The van der Waals surface area contributed by atoms with Crippen molar-refractivity contribution in [2.75, 3.05) is 19.0 Å². The van der Waals surface area contributed by atoms with E-state index in [-0.39, 0.29) is 18.1 Å². The molecular weight excluding hydrogens is 305 g/mol. The molecule has 0 aliphatic heterocycles. The quantitative estimate of drug-likeness (QED) is 0.361. The van der Waals surface area contributed by atoms with E-state index in [0.717, 1.165) is 22.5 Å². The van der Waals surface area contributed by atoms with Crippen molar-refractivity contribution in [2.45, 2.75) is 11.8 Å². The molecule has 0 aliphatic carbocycles. The van der Waals surface area contributed by atoms with Gasteiger partial charge in [0, 0.05) is 16.1 Å². The first-order chi connectivity index (χ1) is 10.6. The minimum absolute atomic E-state index is 0.0448. The van der Waals surface area contributed by atoms with Gasteiger partial charge in [0.2, 0.25) is 0 Å². The molecule has 0 heterocycles. The van der Waals surface area contributed by atoms with E-state index >= 15 is 0 Å². The predicted molar refractivity (Wildman–Crippen MR) is 84.4 cm³/mol. The van der Waals surface area contributed by atoms with Crippen molar-refractivity contribution in [2.24, 2.45) is 0 Å². The fraction of sp³-hybridized carbons (Fsp3) is 0.188. The predicted octanol–water partition coefficient (Wildman–Crippen LogP) is 4.01. The SMILES string of the molecule is COOSc1ccc(C(=O)CNc2ccc(F)cc2)cc1C. The molecule has 2 aromatic rings. The Morgan fingerprint density at radius 1 is 1.23 bits per heavy atom. The number of halogens is 1. The van der Waals surface area contributed by atoms with Gasteiger partial charge in [0.1, 0.15) is 5.82 Å². The van der Waals surface area contributed by atoms with E-state index < -0.39 is 0 Å². The number of hydrogen-bond donors (Lipinski definition) is 1. The summed E-state index contributed by atoms with van der Waals surface area (Å²) in [6, 6.07) is 11.2. The van der Waals surface area contributed by atoms with Gasteiger partial charge in [-0.25, -0.2) is 9.28 Å². The van der Waals surface area contributed by atoms with Crippen LogP contribution in [0.15, 0.2) is 47.4 Å². The Morgan fingerprint density at radius 3 is 2.59 bits per heavy atom. The van der Waals surface area contributed by atoms with Crippen molar-refractivity contribution in [3.05, 3.63) is 59.4 Å². The molecule has 2 rings (SSSR count). The second-order valence-electron chi connectivity index (χ2n) is 4.58. The van der Waals surface area contributed by atoms with Gasteiger partial charge in [-0.2, -0.15) is 4.33 Å². The summed E-state index contributed by atoms with van der Waals surface area (Å²) in [7, 11) is 1.43. The lowest BCUT2D eigenvalue weighted by molar-refractivity contribution is -0.160. The molecular formula is C16H16FNO3S. The number of carbonyl (C=O) groups excluding carboxylic acids is 1. The number of ketones is 1. The first kappa shape index (κ1) is 16.5. The summed E-state index contributed by atoms with van der Waals surface area (Å²) >= 11 is 1.09. The molecule has 0 saturated carbocycles. The van der Waals surface area contributed by atoms with Gasteiger partial charge in [0.25, 0.3) is 0 Å². The first-order valence-electron chi connectivity index (χ1n) is 6.61. The molecule has 0 aromatic heterocycles. The van der Waals surface area contributed by atoms with E-state index in [1.54, 1.807) is 24.3 Å². The molecule has 0 spiro atoms. The highest BCUT2D eigenvalue weighted by Gasteiger charge is 2.09. The monoisotopic (exact) mass is 321 g/mol. The molecule has 22 heavy (non-hydrogen) atoms. The summed E-state index contributed by atoms with van der Waals surface area (Å²) in [5.74, 6) is -0.351. The summed E-state index contributed by atoms with van der Waals surface area (Å²) in [5.41, 5.74) is 2.23. The number of nitrogens with one attached hydrogen (secondary N) is 1. The number of Topliss-reactive ketones (excluding diaryl/α,β-unsaturated/α-hetero) is 1. The van der Waals surface area contributed by atoms with Crippen molar-refractivity contribution in [3.8, 4) is 0 Å². The largest absolute Gasteiger partial charge is 0.378 e. The Bertz CT molecular complexity index is 646. The van der Waals surface area contributed by atoms with Gasteiger partial charge in [-0.15, -0.1) is 0 Å². The van der Waals surface area contributed by atoms with Crippen LogP contribution in [0.3, 0.4) is 0 Å². The second kappa shape index (κ2) is 7.93. The third-order valence-electron chi connectivity index (χ3n) is 2.99. The minimum Gasteiger partial charge on any atom is -0.378 e. The Labute approximate surface area is 132 Å². The average Bonchev–Trinajstić information content (AvgIpc) is 2.53. The summed E-state index contributed by atoms with van der Waals surface area (Å²) in [4.78, 5) is 17.6. The first-order valence-corrected chi connectivity index (χ1v) is 7.35.